The molecule has 0 heterocycles. The van der Waals surface area contributed by atoms with Crippen LogP contribution in [0.25, 0.3) is 16.7 Å². The maximum Gasteiger partial charge on any atom is 0.284 e. The van der Waals surface area contributed by atoms with Crippen LogP contribution in [0.4, 0.5) is 17.1 Å². The zero-order chi connectivity index (χ0) is 18.3. The zero-order valence-corrected chi connectivity index (χ0v) is 12.2. The number of nitrogens with zero attached hydrogens (tertiary/aromatic N) is 4. The van der Waals surface area contributed by atoms with Gasteiger partial charge in [-0.2, -0.15) is 5.26 Å². The first-order chi connectivity index (χ1) is 11.8. The van der Waals surface area contributed by atoms with Gasteiger partial charge in [0.2, 0.25) is 0 Å². The van der Waals surface area contributed by atoms with Crippen molar-refractivity contribution >= 4 is 22.6 Å². The van der Waals surface area contributed by atoms with E-state index in [-0.39, 0.29) is 28.0 Å². The third-order valence-electron chi connectivity index (χ3n) is 3.78. The maximum absolute atomic E-state index is 11.4. The summed E-state index contributed by atoms with van der Waals surface area (Å²) in [7, 11) is 0. The van der Waals surface area contributed by atoms with Crippen LogP contribution in [0.2, 0.25) is 0 Å². The fraction of sp³-hybridized carbons (Fsp3) is 0. The molecule has 0 aromatic heterocycles. The summed E-state index contributed by atoms with van der Waals surface area (Å²) in [5, 5.41) is 42.4. The molecule has 0 radical (unpaired) electrons. The average molecular weight is 338 g/mol. The summed E-state index contributed by atoms with van der Waals surface area (Å²) in [6.45, 7) is 0. The van der Waals surface area contributed by atoms with Crippen molar-refractivity contribution in [3.05, 3.63) is 77.9 Å². The van der Waals surface area contributed by atoms with Crippen LogP contribution in [-0.2, 0) is 0 Å². The number of rotatable bonds is 3. The number of nitro benzene ring substituents is 3. The SMILES string of the molecule is N#CC=C1c2cc([N+](=O)[O-])ccc2-c2c1cc([N+](=O)[O-])cc2[N+](=O)[O-]. The molecule has 0 spiro atoms. The van der Waals surface area contributed by atoms with Crippen molar-refractivity contribution in [2.75, 3.05) is 0 Å². The Labute approximate surface area is 138 Å². The van der Waals surface area contributed by atoms with Gasteiger partial charge in [-0.15, -0.1) is 0 Å². The molecule has 0 amide bonds. The lowest BCUT2D eigenvalue weighted by Crippen LogP contribution is -1.96. The summed E-state index contributed by atoms with van der Waals surface area (Å²) >= 11 is 0. The molecule has 3 rings (SSSR count). The van der Waals surface area contributed by atoms with E-state index >= 15 is 0 Å². The molecule has 0 saturated heterocycles. The molecule has 0 N–H and O–H groups in total. The summed E-state index contributed by atoms with van der Waals surface area (Å²) < 4.78 is 0. The van der Waals surface area contributed by atoms with Crippen LogP contribution < -0.4 is 0 Å². The van der Waals surface area contributed by atoms with Crippen LogP contribution >= 0.6 is 0 Å². The number of non-ortho nitro benzene ring substituents is 2. The van der Waals surface area contributed by atoms with Gasteiger partial charge < -0.3 is 0 Å². The second kappa shape index (κ2) is 5.50. The molecule has 2 aromatic rings. The standard InChI is InChI=1S/C15H6N4O6/c16-4-3-10-12-5-8(17(20)21)1-2-11(12)15-13(10)6-9(18(22)23)7-14(15)19(24)25/h1-3,5-7H. The van der Waals surface area contributed by atoms with Gasteiger partial charge >= 0.3 is 0 Å². The molecule has 1 aliphatic rings. The number of allylic oxidation sites excluding steroid dienone is 1. The number of fused-ring (bicyclic) bond motifs is 3. The topological polar surface area (TPSA) is 153 Å². The Morgan fingerprint density at radius 1 is 0.840 bits per heavy atom. The number of hydrogen-bond donors (Lipinski definition) is 0. The van der Waals surface area contributed by atoms with Crippen LogP contribution in [0.5, 0.6) is 0 Å². The fourth-order valence-corrected chi connectivity index (χ4v) is 2.81. The van der Waals surface area contributed by atoms with Crippen molar-refractivity contribution in [1.82, 2.24) is 0 Å². The van der Waals surface area contributed by atoms with E-state index in [0.717, 1.165) is 18.2 Å². The molecule has 25 heavy (non-hydrogen) atoms. The average Bonchev–Trinajstić information content (AvgIpc) is 2.87. The summed E-state index contributed by atoms with van der Waals surface area (Å²) in [5.74, 6) is 0. The zero-order valence-electron chi connectivity index (χ0n) is 12.2. The lowest BCUT2D eigenvalue weighted by atomic mass is 10.0. The summed E-state index contributed by atoms with van der Waals surface area (Å²) in [4.78, 5) is 31.3. The highest BCUT2D eigenvalue weighted by molar-refractivity contribution is 6.05. The van der Waals surface area contributed by atoms with Crippen molar-refractivity contribution < 1.29 is 14.8 Å². The third-order valence-corrected chi connectivity index (χ3v) is 3.78. The highest BCUT2D eigenvalue weighted by Crippen LogP contribution is 2.50. The smallest absolute Gasteiger partial charge is 0.258 e. The van der Waals surface area contributed by atoms with Crippen LogP contribution in [0, 0.1) is 41.7 Å². The lowest BCUT2D eigenvalue weighted by Gasteiger charge is -2.02. The van der Waals surface area contributed by atoms with Crippen molar-refractivity contribution in [3.63, 3.8) is 0 Å². The highest BCUT2D eigenvalue weighted by atomic mass is 16.6. The second-order valence-electron chi connectivity index (χ2n) is 5.08. The molecule has 0 bridgehead atoms. The minimum absolute atomic E-state index is 0.0991. The second-order valence-corrected chi connectivity index (χ2v) is 5.08. The summed E-state index contributed by atoms with van der Waals surface area (Å²) in [5.41, 5.74) is -0.314. The molecule has 2 aromatic carbocycles. The molecule has 122 valence electrons. The molecule has 0 saturated carbocycles. The van der Waals surface area contributed by atoms with Gasteiger partial charge in [-0.05, 0) is 17.2 Å². The Kier molecular flexibility index (Phi) is 3.47. The van der Waals surface area contributed by atoms with Gasteiger partial charge in [-0.25, -0.2) is 0 Å². The Morgan fingerprint density at radius 3 is 2.04 bits per heavy atom. The summed E-state index contributed by atoms with van der Waals surface area (Å²) in [6.07, 6.45) is 1.06. The van der Waals surface area contributed by atoms with E-state index in [4.69, 9.17) is 5.26 Å². The van der Waals surface area contributed by atoms with E-state index in [2.05, 4.69) is 0 Å². The van der Waals surface area contributed by atoms with Gasteiger partial charge in [-0.3, -0.25) is 30.3 Å². The van der Waals surface area contributed by atoms with Gasteiger partial charge in [0.05, 0.1) is 32.5 Å². The third kappa shape index (κ3) is 2.36. The number of nitriles is 1. The molecule has 0 unspecified atom stereocenters. The molecule has 1 aliphatic carbocycles. The number of hydrogen-bond acceptors (Lipinski definition) is 7. The first-order valence-electron chi connectivity index (χ1n) is 6.71. The predicted molar refractivity (Wildman–Crippen MR) is 84.5 cm³/mol. The molecule has 10 heteroatoms. The van der Waals surface area contributed by atoms with Gasteiger partial charge in [0.15, 0.2) is 0 Å². The highest BCUT2D eigenvalue weighted by Gasteiger charge is 2.34. The Balaban J connectivity index is 2.43. The molecule has 0 atom stereocenters. The van der Waals surface area contributed by atoms with Crippen molar-refractivity contribution in [1.29, 1.82) is 5.26 Å². The Morgan fingerprint density at radius 2 is 1.48 bits per heavy atom. The first kappa shape index (κ1) is 15.8. The van der Waals surface area contributed by atoms with E-state index in [1.165, 1.54) is 18.2 Å². The minimum atomic E-state index is -0.775. The first-order valence-corrected chi connectivity index (χ1v) is 6.71. The fourth-order valence-electron chi connectivity index (χ4n) is 2.81. The quantitative estimate of drug-likeness (QED) is 0.403. The molecule has 0 fully saturated rings. The molecule has 0 aliphatic heterocycles. The van der Waals surface area contributed by atoms with E-state index in [0.29, 0.717) is 5.56 Å². The van der Waals surface area contributed by atoms with Crippen molar-refractivity contribution in [3.8, 4) is 17.2 Å². The lowest BCUT2D eigenvalue weighted by molar-refractivity contribution is -0.393. The van der Waals surface area contributed by atoms with Crippen LogP contribution in [-0.4, -0.2) is 14.8 Å². The maximum atomic E-state index is 11.4. The van der Waals surface area contributed by atoms with Gasteiger partial charge in [0.25, 0.3) is 17.1 Å². The van der Waals surface area contributed by atoms with Crippen LogP contribution in [0.15, 0.2) is 36.4 Å². The number of benzene rings is 2. The van der Waals surface area contributed by atoms with Crippen molar-refractivity contribution in [2.24, 2.45) is 0 Å². The van der Waals surface area contributed by atoms with E-state index in [9.17, 15) is 30.3 Å². The Bertz CT molecular complexity index is 1050. The van der Waals surface area contributed by atoms with E-state index < -0.39 is 26.1 Å². The van der Waals surface area contributed by atoms with E-state index in [1.54, 1.807) is 6.07 Å². The largest absolute Gasteiger partial charge is 0.284 e. The van der Waals surface area contributed by atoms with Gasteiger partial charge in [0.1, 0.15) is 0 Å². The number of nitro groups is 3. The normalized spacial score (nSPS) is 13.0. The van der Waals surface area contributed by atoms with Gasteiger partial charge in [-0.1, -0.05) is 0 Å². The predicted octanol–water partition coefficient (Wildman–Crippen LogP) is 3.35. The Hall–Kier alpha value is -4.13. The summed E-state index contributed by atoms with van der Waals surface area (Å²) in [6, 6.07) is 7.43. The van der Waals surface area contributed by atoms with E-state index in [1.807, 2.05) is 0 Å². The molecule has 10 nitrogen and oxygen atoms in total. The van der Waals surface area contributed by atoms with Crippen LogP contribution in [0.3, 0.4) is 0 Å². The minimum Gasteiger partial charge on any atom is -0.258 e. The molecular formula is C15H6N4O6. The van der Waals surface area contributed by atoms with Crippen LogP contribution in [0.1, 0.15) is 11.1 Å². The molecular weight excluding hydrogens is 332 g/mol. The monoisotopic (exact) mass is 338 g/mol. The van der Waals surface area contributed by atoms with Crippen molar-refractivity contribution in [2.45, 2.75) is 0 Å². The van der Waals surface area contributed by atoms with Gasteiger partial charge in [0, 0.05) is 35.4 Å².